The van der Waals surface area contributed by atoms with Gasteiger partial charge in [-0.25, -0.2) is 4.79 Å². The normalized spacial score (nSPS) is 26.5. The third-order valence-electron chi connectivity index (χ3n) is 8.31. The lowest BCUT2D eigenvalue weighted by molar-refractivity contribution is -0.134. The molecule has 1 atom stereocenters. The molecule has 5 aliphatic rings. The molecule has 7 rings (SSSR count). The first kappa shape index (κ1) is 20.1. The predicted molar refractivity (Wildman–Crippen MR) is 129 cm³/mol. The van der Waals surface area contributed by atoms with Gasteiger partial charge in [0.15, 0.2) is 5.60 Å². The smallest absolute Gasteiger partial charge is 0.339 e. The van der Waals surface area contributed by atoms with Crippen LogP contribution in [0.5, 0.6) is 0 Å². The maximum Gasteiger partial charge on any atom is 0.339 e. The van der Waals surface area contributed by atoms with Gasteiger partial charge < -0.3 is 14.5 Å². The summed E-state index contributed by atoms with van der Waals surface area (Å²) in [5.41, 5.74) is 4.00. The molecule has 2 aromatic carbocycles. The summed E-state index contributed by atoms with van der Waals surface area (Å²) in [6.07, 6.45) is 11.7. The number of rotatable bonds is 4. The van der Waals surface area contributed by atoms with Crippen LogP contribution >= 0.6 is 0 Å². The van der Waals surface area contributed by atoms with Gasteiger partial charge >= 0.3 is 5.97 Å². The van der Waals surface area contributed by atoms with E-state index in [-0.39, 0.29) is 11.9 Å². The molecule has 3 heterocycles. The zero-order chi connectivity index (χ0) is 22.9. The van der Waals surface area contributed by atoms with E-state index in [1.807, 2.05) is 29.2 Å². The molecule has 5 nitrogen and oxygen atoms in total. The second-order valence-electron chi connectivity index (χ2n) is 10.5. The Morgan fingerprint density at radius 3 is 2.56 bits per heavy atom. The summed E-state index contributed by atoms with van der Waals surface area (Å²) in [7, 11) is 0. The Morgan fingerprint density at radius 1 is 1.00 bits per heavy atom. The molecule has 3 fully saturated rings. The summed E-state index contributed by atoms with van der Waals surface area (Å²) in [5, 5.41) is 0. The van der Waals surface area contributed by atoms with E-state index in [1.54, 1.807) is 0 Å². The topological polar surface area (TPSA) is 49.9 Å². The number of carbonyl (C=O) groups is 2. The van der Waals surface area contributed by atoms with Crippen LogP contribution in [-0.4, -0.2) is 47.4 Å². The van der Waals surface area contributed by atoms with E-state index >= 15 is 0 Å². The van der Waals surface area contributed by atoms with Crippen molar-refractivity contribution in [3.63, 3.8) is 0 Å². The van der Waals surface area contributed by atoms with Crippen LogP contribution in [0.15, 0.2) is 66.9 Å². The minimum Gasteiger partial charge on any atom is -0.449 e. The largest absolute Gasteiger partial charge is 0.449 e. The minimum atomic E-state index is -0.684. The zero-order valence-corrected chi connectivity index (χ0v) is 19.2. The van der Waals surface area contributed by atoms with Gasteiger partial charge in [0.25, 0.3) is 0 Å². The third kappa shape index (κ3) is 2.99. The van der Waals surface area contributed by atoms with Crippen LogP contribution in [0.3, 0.4) is 0 Å². The van der Waals surface area contributed by atoms with Crippen molar-refractivity contribution in [2.75, 3.05) is 19.6 Å². The lowest BCUT2D eigenvalue weighted by Gasteiger charge is -2.27. The number of esters is 1. The standard InChI is InChI=1S/C29H28N2O3/c32-26-24-5-1-2-6-25(24)29(34-26)15-17-31(19-29)27(33)28(13-14-28)22-9-7-20(8-10-22)21-4-3-16-30(18-21)23-11-12-23/h1-10,18,23H,11-17,19H2. The molecule has 1 saturated heterocycles. The van der Waals surface area contributed by atoms with Gasteiger partial charge in [0, 0.05) is 37.3 Å². The highest BCUT2D eigenvalue weighted by Gasteiger charge is 2.57. The molecule has 0 bridgehead atoms. The van der Waals surface area contributed by atoms with Gasteiger partial charge in [0.2, 0.25) is 5.91 Å². The van der Waals surface area contributed by atoms with Crippen molar-refractivity contribution >= 4 is 17.4 Å². The number of allylic oxidation sites excluding steroid dienone is 2. The fourth-order valence-electron chi connectivity index (χ4n) is 6.05. The quantitative estimate of drug-likeness (QED) is 0.646. The second-order valence-corrected chi connectivity index (χ2v) is 10.5. The first-order valence-electron chi connectivity index (χ1n) is 12.5. The van der Waals surface area contributed by atoms with E-state index in [4.69, 9.17) is 4.74 Å². The number of likely N-dealkylation sites (tertiary alicyclic amines) is 1. The fourth-order valence-corrected chi connectivity index (χ4v) is 6.05. The fraction of sp³-hybridized carbons (Fsp3) is 0.379. The Morgan fingerprint density at radius 2 is 1.79 bits per heavy atom. The van der Waals surface area contributed by atoms with Crippen LogP contribution in [0.25, 0.3) is 5.57 Å². The van der Waals surface area contributed by atoms with Gasteiger partial charge in [-0.3, -0.25) is 4.79 Å². The van der Waals surface area contributed by atoms with Crippen LogP contribution in [0, 0.1) is 0 Å². The van der Waals surface area contributed by atoms with Crippen molar-refractivity contribution in [3.8, 4) is 0 Å². The maximum absolute atomic E-state index is 13.7. The minimum absolute atomic E-state index is 0.175. The van der Waals surface area contributed by atoms with Crippen LogP contribution in [0.4, 0.5) is 0 Å². The van der Waals surface area contributed by atoms with Crippen molar-refractivity contribution in [3.05, 3.63) is 89.1 Å². The number of nitrogens with zero attached hydrogens (tertiary/aromatic N) is 2. The summed E-state index contributed by atoms with van der Waals surface area (Å²) >= 11 is 0. The number of hydrogen-bond acceptors (Lipinski definition) is 4. The Labute approximate surface area is 199 Å². The number of ether oxygens (including phenoxy) is 1. The third-order valence-corrected chi connectivity index (χ3v) is 8.31. The first-order chi connectivity index (χ1) is 16.6. The highest BCUT2D eigenvalue weighted by Crippen LogP contribution is 2.52. The molecule has 0 aromatic heterocycles. The van der Waals surface area contributed by atoms with Gasteiger partial charge in [-0.1, -0.05) is 54.6 Å². The predicted octanol–water partition coefficient (Wildman–Crippen LogP) is 4.39. The first-order valence-corrected chi connectivity index (χ1v) is 12.5. The number of benzene rings is 2. The maximum atomic E-state index is 13.7. The molecule has 2 aliphatic carbocycles. The van der Waals surface area contributed by atoms with E-state index < -0.39 is 11.0 Å². The molecule has 2 saturated carbocycles. The Bertz CT molecular complexity index is 1250. The molecule has 0 radical (unpaired) electrons. The molecule has 3 aliphatic heterocycles. The molecule has 1 unspecified atom stereocenters. The molecular weight excluding hydrogens is 424 g/mol. The van der Waals surface area contributed by atoms with E-state index in [0.717, 1.165) is 30.5 Å². The van der Waals surface area contributed by atoms with E-state index in [9.17, 15) is 9.59 Å². The average Bonchev–Trinajstić information content (AvgIpc) is 3.81. The van der Waals surface area contributed by atoms with Crippen molar-refractivity contribution in [1.29, 1.82) is 0 Å². The number of amides is 1. The molecule has 1 amide bonds. The van der Waals surface area contributed by atoms with Gasteiger partial charge in [0.1, 0.15) is 0 Å². The summed E-state index contributed by atoms with van der Waals surface area (Å²) in [5.74, 6) is -0.0952. The zero-order valence-electron chi connectivity index (χ0n) is 19.2. The number of carbonyl (C=O) groups excluding carboxylic acids is 2. The van der Waals surface area contributed by atoms with Crippen molar-refractivity contribution in [1.82, 2.24) is 9.80 Å². The number of hydrogen-bond donors (Lipinski definition) is 0. The Hall–Kier alpha value is -3.34. The molecule has 1 spiro atoms. The molecule has 2 aromatic rings. The SMILES string of the molecule is O=C1OC2(CCN(C(=O)C3(c4ccc(C5=CN(C6CC6)CC=C5)cc4)CC3)C2)c2ccccc21. The highest BCUT2D eigenvalue weighted by atomic mass is 16.6. The van der Waals surface area contributed by atoms with Crippen LogP contribution in [0.2, 0.25) is 0 Å². The average molecular weight is 453 g/mol. The summed E-state index contributed by atoms with van der Waals surface area (Å²) < 4.78 is 5.86. The van der Waals surface area contributed by atoms with Crippen molar-refractivity contribution in [2.45, 2.75) is 49.2 Å². The highest BCUT2D eigenvalue weighted by molar-refractivity contribution is 5.96. The Kier molecular flexibility index (Phi) is 4.18. The van der Waals surface area contributed by atoms with E-state index in [0.29, 0.717) is 31.1 Å². The lowest BCUT2D eigenvalue weighted by atomic mass is 9.91. The van der Waals surface area contributed by atoms with Crippen molar-refractivity contribution < 1.29 is 14.3 Å². The van der Waals surface area contributed by atoms with Crippen LogP contribution < -0.4 is 0 Å². The van der Waals surface area contributed by atoms with Gasteiger partial charge in [-0.05, 0) is 48.4 Å². The molecule has 172 valence electrons. The van der Waals surface area contributed by atoms with E-state index in [2.05, 4.69) is 47.5 Å². The molecular formula is C29H28N2O3. The van der Waals surface area contributed by atoms with Crippen LogP contribution in [-0.2, 0) is 20.5 Å². The second kappa shape index (κ2) is 7.08. The molecule has 34 heavy (non-hydrogen) atoms. The van der Waals surface area contributed by atoms with Gasteiger partial charge in [-0.2, -0.15) is 0 Å². The summed E-state index contributed by atoms with van der Waals surface area (Å²) in [6.45, 7) is 2.07. The summed E-state index contributed by atoms with van der Waals surface area (Å²) in [6, 6.07) is 16.9. The lowest BCUT2D eigenvalue weighted by Crippen LogP contribution is -2.40. The van der Waals surface area contributed by atoms with Crippen molar-refractivity contribution in [2.24, 2.45) is 0 Å². The Balaban J connectivity index is 1.11. The number of fused-ring (bicyclic) bond motifs is 2. The van der Waals surface area contributed by atoms with Gasteiger partial charge in [0.05, 0.1) is 17.5 Å². The van der Waals surface area contributed by atoms with Crippen LogP contribution in [0.1, 0.15) is 59.2 Å². The monoisotopic (exact) mass is 452 g/mol. The van der Waals surface area contributed by atoms with E-state index in [1.165, 1.54) is 24.0 Å². The molecule has 0 N–H and O–H groups in total. The molecule has 5 heteroatoms. The summed E-state index contributed by atoms with van der Waals surface area (Å²) in [4.78, 5) is 30.5. The van der Waals surface area contributed by atoms with Gasteiger partial charge in [-0.15, -0.1) is 0 Å².